The van der Waals surface area contributed by atoms with E-state index in [1.807, 2.05) is 20.8 Å². The summed E-state index contributed by atoms with van der Waals surface area (Å²) in [7, 11) is 0. The van der Waals surface area contributed by atoms with Gasteiger partial charge in [-0.2, -0.15) is 0 Å². The highest BCUT2D eigenvalue weighted by Gasteiger charge is 2.71. The molecule has 78 heavy (non-hydrogen) atoms. The van der Waals surface area contributed by atoms with Crippen LogP contribution < -0.4 is 0 Å². The van der Waals surface area contributed by atoms with Gasteiger partial charge in [-0.25, -0.2) is 4.79 Å². The van der Waals surface area contributed by atoms with Gasteiger partial charge in [0, 0.05) is 10.8 Å². The molecule has 0 radical (unpaired) electrons. The second-order valence-electron chi connectivity index (χ2n) is 26.4. The summed E-state index contributed by atoms with van der Waals surface area (Å²) in [5.74, 6) is -1.85. The smallest absolute Gasteiger partial charge is 0.335 e. The van der Waals surface area contributed by atoms with Crippen molar-refractivity contribution in [2.24, 2.45) is 50.2 Å². The predicted molar refractivity (Wildman–Crippen MR) is 265 cm³/mol. The van der Waals surface area contributed by atoms with E-state index >= 15 is 0 Å². The van der Waals surface area contributed by atoms with E-state index in [4.69, 9.17) is 37.9 Å². The van der Waals surface area contributed by atoms with Gasteiger partial charge in [-0.05, 0) is 97.7 Å². The van der Waals surface area contributed by atoms with Crippen molar-refractivity contribution in [3.8, 4) is 0 Å². The number of carboxylic acid groups (broad SMARTS) is 1. The average molecular weight is 1120 g/mol. The van der Waals surface area contributed by atoms with Gasteiger partial charge in [-0.15, -0.1) is 0 Å². The number of carbonyl (C=O) groups is 1. The van der Waals surface area contributed by atoms with Crippen molar-refractivity contribution in [1.82, 2.24) is 0 Å². The fraction of sp³-hybridized carbons (Fsp3) is 0.944. The van der Waals surface area contributed by atoms with Crippen LogP contribution in [-0.2, 0) is 42.7 Å². The molecule has 24 nitrogen and oxygen atoms in total. The van der Waals surface area contributed by atoms with Crippen LogP contribution in [0.15, 0.2) is 11.6 Å². The number of aliphatic carboxylic acids is 1. The van der Waals surface area contributed by atoms with Gasteiger partial charge in [0.15, 0.2) is 31.3 Å². The van der Waals surface area contributed by atoms with Gasteiger partial charge in [0.2, 0.25) is 0 Å². The minimum Gasteiger partial charge on any atom is -0.479 e. The number of rotatable bonds is 12. The first-order chi connectivity index (χ1) is 36.4. The molecule has 4 aliphatic heterocycles. The number of aliphatic hydroxyl groups excluding tert-OH is 14. The summed E-state index contributed by atoms with van der Waals surface area (Å²) >= 11 is 0. The fourth-order valence-corrected chi connectivity index (χ4v) is 16.6. The Balaban J connectivity index is 0.985. The summed E-state index contributed by atoms with van der Waals surface area (Å²) in [6, 6.07) is 0. The molecule has 4 heterocycles. The van der Waals surface area contributed by atoms with Crippen LogP contribution in [-0.4, -0.2) is 244 Å². The molecule has 0 aromatic heterocycles. The third-order valence-corrected chi connectivity index (χ3v) is 21.8. The summed E-state index contributed by atoms with van der Waals surface area (Å²) in [6.45, 7) is 14.5. The van der Waals surface area contributed by atoms with Crippen molar-refractivity contribution >= 4 is 5.97 Å². The minimum absolute atomic E-state index is 0.0769. The summed E-state index contributed by atoms with van der Waals surface area (Å²) in [5, 5.41) is 163. The van der Waals surface area contributed by atoms with Crippen LogP contribution >= 0.6 is 0 Å². The van der Waals surface area contributed by atoms with Crippen LogP contribution in [0, 0.1) is 50.2 Å². The molecule has 0 bridgehead atoms. The first-order valence-corrected chi connectivity index (χ1v) is 27.9. The maximum atomic E-state index is 12.6. The number of ether oxygens (including phenoxy) is 8. The quantitative estimate of drug-likeness (QED) is 0.0709. The molecule has 31 atom stereocenters. The van der Waals surface area contributed by atoms with E-state index in [1.54, 1.807) is 0 Å². The molecule has 15 N–H and O–H groups in total. The molecule has 448 valence electrons. The molecule has 0 amide bonds. The number of fused-ring (bicyclic) bond motifs is 7. The number of hydrogen-bond acceptors (Lipinski definition) is 23. The largest absolute Gasteiger partial charge is 0.479 e. The van der Waals surface area contributed by atoms with E-state index in [0.717, 1.165) is 6.42 Å². The Bertz CT molecular complexity index is 2170. The predicted octanol–water partition coefficient (Wildman–Crippen LogP) is -2.50. The SMILES string of the molecule is CC1OC(OC2C(OC3C(OC4CCC5(C)C(CCC6(C)C5CC=C5C7CC(C)(C)C(O)C(OC8OC(CO)C(O)C(O)C8O)C7(C)CCC56C)C4(C)CO)OC(C(=O)O)C(O)C3O)OC(CO)C(O)C2O)C(O)C(O)C1O. The van der Waals surface area contributed by atoms with Crippen molar-refractivity contribution in [3.05, 3.63) is 11.6 Å². The van der Waals surface area contributed by atoms with Gasteiger partial charge in [0.05, 0.1) is 44.2 Å². The highest BCUT2D eigenvalue weighted by molar-refractivity contribution is 5.73. The molecule has 4 saturated carbocycles. The van der Waals surface area contributed by atoms with Gasteiger partial charge in [-0.3, -0.25) is 0 Å². The molecule has 0 aromatic carbocycles. The number of carboxylic acids is 1. The lowest BCUT2D eigenvalue weighted by Gasteiger charge is -2.72. The topological polar surface area (TPSA) is 394 Å². The van der Waals surface area contributed by atoms with Crippen molar-refractivity contribution in [2.75, 3.05) is 19.8 Å². The van der Waals surface area contributed by atoms with Crippen LogP contribution in [0.5, 0.6) is 0 Å². The number of aliphatic hydroxyl groups is 14. The Labute approximate surface area is 453 Å². The molecule has 9 rings (SSSR count). The van der Waals surface area contributed by atoms with Crippen LogP contribution in [0.25, 0.3) is 0 Å². The Hall–Kier alpha value is -1.67. The second kappa shape index (κ2) is 21.8. The molecular formula is C54H88O24. The summed E-state index contributed by atoms with van der Waals surface area (Å²) in [4.78, 5) is 12.6. The third kappa shape index (κ3) is 9.48. The Morgan fingerprint density at radius 3 is 1.73 bits per heavy atom. The standard InChI is InChI=1S/C54H88O24/c1-21-29(58)32(61)37(66)45(71-21)76-40-34(63)31(60)25(19-56)73-47(40)77-41-36(65)35(64)39(44(69)70)75-48(41)74-28-12-13-51(5)26(52(28,6)20-57)11-14-54(8)27(51)10-9-22-23-17-49(2,3)42(68)43(50(23,4)15-16-53(22,54)7)78-46-38(67)33(62)30(59)24(18-55)72-46/h9,21,23-43,45-48,55-68H,10-20H2,1-8H3,(H,69,70). The van der Waals surface area contributed by atoms with Crippen molar-refractivity contribution in [2.45, 2.75) is 248 Å². The molecule has 24 heteroatoms. The maximum absolute atomic E-state index is 12.6. The lowest BCUT2D eigenvalue weighted by atomic mass is 9.33. The Morgan fingerprint density at radius 1 is 0.577 bits per heavy atom. The van der Waals surface area contributed by atoms with Gasteiger partial charge >= 0.3 is 5.97 Å². The first-order valence-electron chi connectivity index (χ1n) is 27.9. The molecular weight excluding hydrogens is 1030 g/mol. The monoisotopic (exact) mass is 1120 g/mol. The molecule has 0 aromatic rings. The van der Waals surface area contributed by atoms with Gasteiger partial charge in [-0.1, -0.05) is 60.1 Å². The van der Waals surface area contributed by atoms with Crippen LogP contribution in [0.1, 0.15) is 107 Å². The number of allylic oxidation sites excluding steroid dienone is 2. The summed E-state index contributed by atoms with van der Waals surface area (Å²) < 4.78 is 48.7. The first kappa shape index (κ1) is 60.9. The third-order valence-electron chi connectivity index (χ3n) is 21.8. The normalized spacial score (nSPS) is 56.1. The van der Waals surface area contributed by atoms with Crippen LogP contribution in [0.2, 0.25) is 0 Å². The van der Waals surface area contributed by atoms with E-state index < -0.39 is 182 Å². The molecule has 0 spiro atoms. The fourth-order valence-electron chi connectivity index (χ4n) is 16.6. The second-order valence-corrected chi connectivity index (χ2v) is 26.4. The molecule has 31 unspecified atom stereocenters. The zero-order valence-electron chi connectivity index (χ0n) is 45.7. The van der Waals surface area contributed by atoms with Gasteiger partial charge in [0.1, 0.15) is 85.5 Å². The van der Waals surface area contributed by atoms with Crippen molar-refractivity contribution in [3.63, 3.8) is 0 Å². The lowest BCUT2D eigenvalue weighted by Crippen LogP contribution is -2.69. The zero-order chi connectivity index (χ0) is 57.3. The minimum atomic E-state index is -2.12. The van der Waals surface area contributed by atoms with E-state index in [0.29, 0.717) is 44.9 Å². The van der Waals surface area contributed by atoms with Crippen LogP contribution in [0.3, 0.4) is 0 Å². The molecule has 8 fully saturated rings. The average Bonchev–Trinajstić information content (AvgIpc) is 1.88. The highest BCUT2D eigenvalue weighted by atomic mass is 16.8. The number of hydrogen-bond donors (Lipinski definition) is 15. The maximum Gasteiger partial charge on any atom is 0.335 e. The van der Waals surface area contributed by atoms with Crippen LogP contribution in [0.4, 0.5) is 0 Å². The Kier molecular flexibility index (Phi) is 17.0. The molecule has 5 aliphatic carbocycles. The highest BCUT2D eigenvalue weighted by Crippen LogP contribution is 2.76. The lowest BCUT2D eigenvalue weighted by molar-refractivity contribution is -0.396. The van der Waals surface area contributed by atoms with Gasteiger partial charge < -0.3 is 114 Å². The van der Waals surface area contributed by atoms with Crippen molar-refractivity contribution in [1.29, 1.82) is 0 Å². The molecule has 4 saturated heterocycles. The van der Waals surface area contributed by atoms with Gasteiger partial charge in [0.25, 0.3) is 0 Å². The summed E-state index contributed by atoms with van der Waals surface area (Å²) in [5.41, 5.74) is -2.18. The van der Waals surface area contributed by atoms with E-state index in [1.165, 1.54) is 12.5 Å². The van der Waals surface area contributed by atoms with E-state index in [9.17, 15) is 81.4 Å². The molecule has 9 aliphatic rings. The van der Waals surface area contributed by atoms with E-state index in [-0.39, 0.29) is 35.2 Å². The van der Waals surface area contributed by atoms with Crippen molar-refractivity contribution < 1.29 is 119 Å². The zero-order valence-corrected chi connectivity index (χ0v) is 45.7. The Morgan fingerprint density at radius 2 is 1.13 bits per heavy atom. The van der Waals surface area contributed by atoms with E-state index in [2.05, 4.69) is 33.8 Å². The summed E-state index contributed by atoms with van der Waals surface area (Å²) in [6.07, 6.45) is -30.0.